The average Bonchev–Trinajstić information content (AvgIpc) is 0.843. The standard InChI is InChI=1S/C117H224O8/c1-3-5-7-9-11-13-15-17-19-21-23-25-27-29-39-45-51-57-63-69-75-81-87-93-99-105-113(118)122-107-117(108-123-114(119)106-100-94-88-82-76-70-64-58-52-46-40-30-28-26-24-22-20-18-16-14-12-10-8-6-4-2,109-124-115(120)111-101-95-89-83-77-71-65-59-53-47-41-35-31-32-36-42-48-54-60-66-72-78-84-90-96-102-111)110-125-116(121)112-103-97-91-85-79-73-67-61-55-49-43-37-33-34-38-44-50-56-62-68-74-80-86-92-98-104-112/h111-112H,3-110H2,1-2H3. The SMILES string of the molecule is CCCCCCCCCCCCCCCCCCCCCCCCCCCC(=O)OCC(COC(=O)CCCCCCCCCCCCCCCCCCCCCCCCCCC)(COC(=O)C1CCCCCCCCCCCCCCCCCCCCCCCCCC1)COC(=O)C1CCCCCCCCCCCCCCCCCCCCCCCCCC1. The van der Waals surface area contributed by atoms with E-state index in [2.05, 4.69) is 13.8 Å². The van der Waals surface area contributed by atoms with Gasteiger partial charge in [0.15, 0.2) is 0 Å². The molecule has 0 aromatic rings. The van der Waals surface area contributed by atoms with E-state index in [1.54, 1.807) is 0 Å². The molecule has 0 heterocycles. The summed E-state index contributed by atoms with van der Waals surface area (Å²) in [5, 5.41) is 0. The number of carbonyl (C=O) groups excluding carboxylic acids is 4. The van der Waals surface area contributed by atoms with Crippen LogP contribution in [0.1, 0.15) is 682 Å². The fraction of sp³-hybridized carbons (Fsp3) is 0.966. The quantitative estimate of drug-likeness (QED) is 0.0337. The van der Waals surface area contributed by atoms with Crippen LogP contribution in [0, 0.1) is 17.3 Å². The van der Waals surface area contributed by atoms with Gasteiger partial charge in [-0.15, -0.1) is 0 Å². The molecule has 8 nitrogen and oxygen atoms in total. The van der Waals surface area contributed by atoms with Gasteiger partial charge in [-0.1, -0.05) is 630 Å². The molecule has 2 aliphatic carbocycles. The Morgan fingerprint density at radius 3 is 0.432 bits per heavy atom. The van der Waals surface area contributed by atoms with E-state index in [1.807, 2.05) is 0 Å². The second kappa shape index (κ2) is 99.4. The van der Waals surface area contributed by atoms with Gasteiger partial charge in [-0.05, 0) is 38.5 Å². The Bertz CT molecular complexity index is 1950. The minimum absolute atomic E-state index is 0.139. The van der Waals surface area contributed by atoms with Crippen molar-refractivity contribution in [1.29, 1.82) is 0 Å². The van der Waals surface area contributed by atoms with Crippen molar-refractivity contribution in [2.24, 2.45) is 17.3 Å². The summed E-state index contributed by atoms with van der Waals surface area (Å²) in [7, 11) is 0. The van der Waals surface area contributed by atoms with E-state index in [9.17, 15) is 9.59 Å². The number of hydrogen-bond donors (Lipinski definition) is 0. The lowest BCUT2D eigenvalue weighted by Gasteiger charge is -2.33. The summed E-state index contributed by atoms with van der Waals surface area (Å²) in [5.41, 5.74) is -1.25. The van der Waals surface area contributed by atoms with Crippen molar-refractivity contribution < 1.29 is 38.1 Å². The molecule has 0 aromatic heterocycles. The summed E-state index contributed by atoms with van der Waals surface area (Å²) < 4.78 is 26.0. The highest BCUT2D eigenvalue weighted by molar-refractivity contribution is 5.73. The van der Waals surface area contributed by atoms with Crippen LogP contribution < -0.4 is 0 Å². The summed E-state index contributed by atoms with van der Waals surface area (Å²) in [6.45, 7) is 4.05. The summed E-state index contributed by atoms with van der Waals surface area (Å²) in [6.07, 6.45) is 133. The molecule has 2 saturated carbocycles. The maximum Gasteiger partial charge on any atom is 0.308 e. The van der Waals surface area contributed by atoms with E-state index in [0.29, 0.717) is 12.8 Å². The average molecular weight is 1760 g/mol. The van der Waals surface area contributed by atoms with Gasteiger partial charge in [0.1, 0.15) is 31.8 Å². The third-order valence-corrected chi connectivity index (χ3v) is 29.5. The van der Waals surface area contributed by atoms with Gasteiger partial charge in [0.05, 0.1) is 11.8 Å². The summed E-state index contributed by atoms with van der Waals surface area (Å²) in [6, 6.07) is 0. The predicted octanol–water partition coefficient (Wildman–Crippen LogP) is 40.0. The van der Waals surface area contributed by atoms with Gasteiger partial charge < -0.3 is 18.9 Å². The molecular weight excluding hydrogens is 1530 g/mol. The number of rotatable bonds is 62. The monoisotopic (exact) mass is 1760 g/mol. The molecule has 2 aliphatic rings. The highest BCUT2D eigenvalue weighted by Crippen LogP contribution is 2.31. The molecule has 0 aromatic carbocycles. The summed E-state index contributed by atoms with van der Waals surface area (Å²) >= 11 is 0. The third kappa shape index (κ3) is 87.0. The smallest absolute Gasteiger partial charge is 0.308 e. The van der Waals surface area contributed by atoms with E-state index in [1.165, 1.54) is 539 Å². The summed E-state index contributed by atoms with van der Waals surface area (Å²) in [5.74, 6) is -1.47. The van der Waals surface area contributed by atoms with Crippen molar-refractivity contribution in [2.75, 3.05) is 26.4 Å². The first-order valence-electron chi connectivity index (χ1n) is 58.5. The maximum absolute atomic E-state index is 15.0. The van der Waals surface area contributed by atoms with Crippen LogP contribution >= 0.6 is 0 Å². The van der Waals surface area contributed by atoms with Gasteiger partial charge in [-0.25, -0.2) is 0 Å². The highest BCUT2D eigenvalue weighted by atomic mass is 16.6. The van der Waals surface area contributed by atoms with Crippen LogP contribution in [0.4, 0.5) is 0 Å². The molecule has 125 heavy (non-hydrogen) atoms. The zero-order valence-corrected chi connectivity index (χ0v) is 85.3. The van der Waals surface area contributed by atoms with Crippen LogP contribution in [-0.2, 0) is 38.1 Å². The van der Waals surface area contributed by atoms with Crippen LogP contribution in [0.5, 0.6) is 0 Å². The lowest BCUT2D eigenvalue weighted by Crippen LogP contribution is -2.44. The minimum atomic E-state index is -1.25. The summed E-state index contributed by atoms with van der Waals surface area (Å²) in [4.78, 5) is 58.4. The lowest BCUT2D eigenvalue weighted by molar-refractivity contribution is -0.174. The molecule has 0 spiro atoms. The van der Waals surface area contributed by atoms with Gasteiger partial charge in [0.25, 0.3) is 0 Å². The van der Waals surface area contributed by atoms with Gasteiger partial charge >= 0.3 is 23.9 Å². The molecule has 0 atom stereocenters. The zero-order chi connectivity index (χ0) is 89.2. The van der Waals surface area contributed by atoms with Crippen molar-refractivity contribution in [3.05, 3.63) is 0 Å². The molecule has 2 rings (SSSR count). The lowest BCUT2D eigenvalue weighted by atomic mass is 9.90. The van der Waals surface area contributed by atoms with Crippen LogP contribution in [0.15, 0.2) is 0 Å². The Labute approximate surface area is 782 Å². The first-order valence-corrected chi connectivity index (χ1v) is 58.5. The van der Waals surface area contributed by atoms with E-state index >= 15 is 9.59 Å². The molecule has 0 radical (unpaired) electrons. The molecule has 0 aliphatic heterocycles. The Morgan fingerprint density at radius 2 is 0.288 bits per heavy atom. The second-order valence-corrected chi connectivity index (χ2v) is 42.0. The molecule has 2 fully saturated rings. The van der Waals surface area contributed by atoms with Crippen LogP contribution in [0.3, 0.4) is 0 Å². The molecule has 8 heteroatoms. The van der Waals surface area contributed by atoms with Crippen LogP contribution in [0.2, 0.25) is 0 Å². The third-order valence-electron chi connectivity index (χ3n) is 29.5. The van der Waals surface area contributed by atoms with Crippen molar-refractivity contribution in [1.82, 2.24) is 0 Å². The Morgan fingerprint density at radius 1 is 0.168 bits per heavy atom. The van der Waals surface area contributed by atoms with E-state index in [-0.39, 0.29) is 62.1 Å². The molecular formula is C117H224O8. The molecule has 0 N–H and O–H groups in total. The maximum atomic E-state index is 15.0. The Kier molecular flexibility index (Phi) is 94.5. The normalized spacial score (nSPS) is 17.6. The van der Waals surface area contributed by atoms with Crippen molar-refractivity contribution >= 4 is 23.9 Å². The molecule has 740 valence electrons. The topological polar surface area (TPSA) is 105 Å². The predicted molar refractivity (Wildman–Crippen MR) is 545 cm³/mol. The van der Waals surface area contributed by atoms with Gasteiger partial charge in [0, 0.05) is 12.8 Å². The molecule has 0 amide bonds. The first-order chi connectivity index (χ1) is 61.9. The number of unbranched alkanes of at least 4 members (excludes halogenated alkanes) is 48. The van der Waals surface area contributed by atoms with Crippen LogP contribution in [0.25, 0.3) is 0 Å². The van der Waals surface area contributed by atoms with Crippen molar-refractivity contribution in [3.8, 4) is 0 Å². The number of esters is 4. The minimum Gasteiger partial charge on any atom is -0.465 e. The van der Waals surface area contributed by atoms with Crippen LogP contribution in [-0.4, -0.2) is 50.3 Å². The molecule has 0 bridgehead atoms. The Hall–Kier alpha value is -2.12. The fourth-order valence-electron chi connectivity index (χ4n) is 20.5. The van der Waals surface area contributed by atoms with Gasteiger partial charge in [-0.3, -0.25) is 19.2 Å². The van der Waals surface area contributed by atoms with E-state index in [4.69, 9.17) is 18.9 Å². The highest BCUT2D eigenvalue weighted by Gasteiger charge is 2.39. The number of carbonyl (C=O) groups is 4. The van der Waals surface area contributed by atoms with Gasteiger partial charge in [0.2, 0.25) is 0 Å². The van der Waals surface area contributed by atoms with Gasteiger partial charge in [-0.2, -0.15) is 0 Å². The zero-order valence-electron chi connectivity index (χ0n) is 85.3. The second-order valence-electron chi connectivity index (χ2n) is 42.0. The van der Waals surface area contributed by atoms with E-state index < -0.39 is 5.41 Å². The number of hydrogen-bond acceptors (Lipinski definition) is 8. The Balaban J connectivity index is 2.23. The molecule has 0 saturated heterocycles. The number of ether oxygens (including phenoxy) is 4. The van der Waals surface area contributed by atoms with Crippen molar-refractivity contribution in [3.63, 3.8) is 0 Å². The fourth-order valence-corrected chi connectivity index (χ4v) is 20.5. The first kappa shape index (κ1) is 119. The van der Waals surface area contributed by atoms with Crippen molar-refractivity contribution in [2.45, 2.75) is 682 Å². The van der Waals surface area contributed by atoms with E-state index in [0.717, 1.165) is 116 Å². The largest absolute Gasteiger partial charge is 0.465 e. The molecule has 0 unspecified atom stereocenters.